The van der Waals surface area contributed by atoms with E-state index in [-0.39, 0.29) is 23.1 Å². The molecule has 0 bridgehead atoms. The molecule has 2 aromatic carbocycles. The minimum atomic E-state index is -3.67. The Morgan fingerprint density at radius 2 is 1.67 bits per heavy atom. The molecule has 0 spiro atoms. The third-order valence-corrected chi connectivity index (χ3v) is 8.04. The third kappa shape index (κ3) is 4.78. The highest BCUT2D eigenvalue weighted by Crippen LogP contribution is 2.37. The lowest BCUT2D eigenvalue weighted by molar-refractivity contribution is 0.458. The van der Waals surface area contributed by atoms with Crippen molar-refractivity contribution in [2.45, 2.75) is 35.4 Å². The highest BCUT2D eigenvalue weighted by Gasteiger charge is 2.37. The molecule has 1 aliphatic carbocycles. The maximum Gasteiger partial charge on any atom is 0.194 e. The maximum atomic E-state index is 13.4. The molecule has 0 amide bonds. The van der Waals surface area contributed by atoms with Gasteiger partial charge < -0.3 is 0 Å². The van der Waals surface area contributed by atoms with Gasteiger partial charge in [-0.15, -0.1) is 0 Å². The molecule has 146 valence electrons. The van der Waals surface area contributed by atoms with Gasteiger partial charge in [-0.05, 0) is 42.5 Å². The number of hydrogen-bond acceptors (Lipinski definition) is 5. The van der Waals surface area contributed by atoms with E-state index >= 15 is 0 Å². The van der Waals surface area contributed by atoms with Gasteiger partial charge in [-0.25, -0.2) is 16.8 Å². The lowest BCUT2D eigenvalue weighted by Gasteiger charge is -2.33. The average molecular weight is 408 g/mol. The Morgan fingerprint density at radius 1 is 1.00 bits per heavy atom. The second-order valence-corrected chi connectivity index (χ2v) is 11.4. The highest BCUT2D eigenvalue weighted by molar-refractivity contribution is 7.92. The van der Waals surface area contributed by atoms with E-state index in [2.05, 4.69) is 5.32 Å². The Labute approximate surface area is 161 Å². The Balaban J connectivity index is 1.98. The lowest BCUT2D eigenvalue weighted by atomic mass is 9.82. The molecule has 0 aliphatic heterocycles. The Hall–Kier alpha value is -1.70. The number of hydrogen-bond donors (Lipinski definition) is 1. The van der Waals surface area contributed by atoms with Crippen molar-refractivity contribution in [3.63, 3.8) is 0 Å². The zero-order valence-electron chi connectivity index (χ0n) is 15.3. The van der Waals surface area contributed by atoms with Gasteiger partial charge in [0, 0.05) is 18.7 Å². The highest BCUT2D eigenvalue weighted by atomic mass is 32.2. The maximum absolute atomic E-state index is 13.4. The van der Waals surface area contributed by atoms with Crippen LogP contribution in [0.5, 0.6) is 0 Å². The quantitative estimate of drug-likeness (QED) is 0.763. The van der Waals surface area contributed by atoms with Crippen LogP contribution in [0, 0.1) is 0 Å². The van der Waals surface area contributed by atoms with E-state index in [0.717, 1.165) is 31.1 Å². The van der Waals surface area contributed by atoms with Crippen LogP contribution in [0.25, 0.3) is 0 Å². The molecule has 7 heteroatoms. The minimum Gasteiger partial charge on any atom is -0.299 e. The number of rotatable bonds is 7. The molecule has 27 heavy (non-hydrogen) atoms. The number of benzene rings is 2. The average Bonchev–Trinajstić information content (AvgIpc) is 2.65. The summed E-state index contributed by atoms with van der Waals surface area (Å²) in [6, 6.07) is 16.3. The van der Waals surface area contributed by atoms with Crippen molar-refractivity contribution in [2.75, 3.05) is 18.6 Å². The first-order valence-electron chi connectivity index (χ1n) is 9.07. The van der Waals surface area contributed by atoms with Gasteiger partial charge in [-0.3, -0.25) is 5.32 Å². The van der Waals surface area contributed by atoms with E-state index in [1.165, 1.54) is 5.56 Å². The van der Waals surface area contributed by atoms with E-state index < -0.39 is 25.0 Å². The first kappa shape index (κ1) is 20.0. The second kappa shape index (κ2) is 8.12. The first-order valence-corrected chi connectivity index (χ1v) is 12.7. The van der Waals surface area contributed by atoms with Gasteiger partial charge in [0.25, 0.3) is 0 Å². The normalized spacial score (nSPS) is 18.6. The fraction of sp³-hybridized carbons (Fsp3) is 0.400. The molecule has 0 saturated heterocycles. The molecule has 0 aromatic heterocycles. The fourth-order valence-corrected chi connectivity index (χ4v) is 6.09. The number of nitrogens with one attached hydrogen (secondary N) is 1. The van der Waals surface area contributed by atoms with E-state index in [1.54, 1.807) is 30.3 Å². The smallest absolute Gasteiger partial charge is 0.194 e. The van der Waals surface area contributed by atoms with Gasteiger partial charge in [-0.1, -0.05) is 42.5 Å². The molecule has 2 atom stereocenters. The molecule has 2 aromatic rings. The van der Waals surface area contributed by atoms with Crippen molar-refractivity contribution in [2.24, 2.45) is 0 Å². The molecule has 2 unspecified atom stereocenters. The molecule has 1 aliphatic rings. The van der Waals surface area contributed by atoms with Crippen molar-refractivity contribution in [1.82, 2.24) is 5.32 Å². The summed E-state index contributed by atoms with van der Waals surface area (Å²) in [6.07, 6.45) is 3.76. The van der Waals surface area contributed by atoms with Crippen LogP contribution in [0.3, 0.4) is 0 Å². The van der Waals surface area contributed by atoms with Crippen LogP contribution in [0.1, 0.15) is 29.9 Å². The number of fused-ring (bicyclic) bond motifs is 1. The lowest BCUT2D eigenvalue weighted by Crippen LogP contribution is -2.44. The number of sulfone groups is 2. The van der Waals surface area contributed by atoms with Crippen LogP contribution in [-0.2, 0) is 26.1 Å². The van der Waals surface area contributed by atoms with Crippen molar-refractivity contribution in [3.8, 4) is 0 Å². The molecule has 0 saturated carbocycles. The van der Waals surface area contributed by atoms with Crippen LogP contribution in [0.4, 0.5) is 0 Å². The second-order valence-electron chi connectivity index (χ2n) is 7.06. The zero-order valence-corrected chi connectivity index (χ0v) is 17.0. The Bertz CT molecular complexity index is 986. The third-order valence-electron chi connectivity index (χ3n) is 5.01. The van der Waals surface area contributed by atoms with Gasteiger partial charge in [-0.2, -0.15) is 0 Å². The van der Waals surface area contributed by atoms with E-state index in [1.807, 2.05) is 24.3 Å². The minimum absolute atomic E-state index is 0.0951. The topological polar surface area (TPSA) is 80.3 Å². The van der Waals surface area contributed by atoms with Crippen molar-refractivity contribution < 1.29 is 16.8 Å². The summed E-state index contributed by atoms with van der Waals surface area (Å²) in [4.78, 5) is 0.255. The van der Waals surface area contributed by atoms with Gasteiger partial charge in [0.1, 0.15) is 15.2 Å². The van der Waals surface area contributed by atoms with Crippen LogP contribution < -0.4 is 5.32 Å². The Morgan fingerprint density at radius 3 is 2.37 bits per heavy atom. The first-order chi connectivity index (χ1) is 12.8. The summed E-state index contributed by atoms with van der Waals surface area (Å²) < 4.78 is 49.8. The van der Waals surface area contributed by atoms with Crippen LogP contribution in [-0.4, -0.2) is 40.8 Å². The molecule has 0 fully saturated rings. The van der Waals surface area contributed by atoms with Gasteiger partial charge in [0.15, 0.2) is 9.84 Å². The summed E-state index contributed by atoms with van der Waals surface area (Å²) in [7, 11) is -6.85. The summed E-state index contributed by atoms with van der Waals surface area (Å²) in [5.74, 6) is -0.304. The molecule has 0 heterocycles. The predicted octanol–water partition coefficient (Wildman–Crippen LogP) is 2.54. The standard InChI is InChI=1S/C20H25NO4S2/c1-26(22,23)15-14-21-20(27(24,25)17-10-3-2-4-11-17)19-13-7-9-16-8-5-6-12-18(16)19/h2-6,8,10-12,19-21H,7,9,13-15H2,1H3. The van der Waals surface area contributed by atoms with E-state index in [4.69, 9.17) is 0 Å². The molecule has 3 rings (SSSR count). The number of aryl methyl sites for hydroxylation is 1. The van der Waals surface area contributed by atoms with Gasteiger partial charge >= 0.3 is 0 Å². The largest absolute Gasteiger partial charge is 0.299 e. The summed E-state index contributed by atoms with van der Waals surface area (Å²) >= 11 is 0. The monoisotopic (exact) mass is 407 g/mol. The van der Waals surface area contributed by atoms with Gasteiger partial charge in [0.2, 0.25) is 0 Å². The zero-order chi connectivity index (χ0) is 19.5. The molecule has 1 N–H and O–H groups in total. The van der Waals surface area contributed by atoms with Crippen molar-refractivity contribution in [3.05, 3.63) is 65.7 Å². The van der Waals surface area contributed by atoms with E-state index in [0.29, 0.717) is 0 Å². The fourth-order valence-electron chi connectivity index (χ4n) is 3.72. The molecule has 0 radical (unpaired) electrons. The van der Waals surface area contributed by atoms with Crippen LogP contribution >= 0.6 is 0 Å². The molecule has 5 nitrogen and oxygen atoms in total. The SMILES string of the molecule is CS(=O)(=O)CCNC(C1CCCc2ccccc21)S(=O)(=O)c1ccccc1. The van der Waals surface area contributed by atoms with Crippen LogP contribution in [0.15, 0.2) is 59.5 Å². The van der Waals surface area contributed by atoms with Crippen molar-refractivity contribution >= 4 is 19.7 Å². The predicted molar refractivity (Wildman–Crippen MR) is 107 cm³/mol. The Kier molecular flexibility index (Phi) is 6.03. The van der Waals surface area contributed by atoms with Gasteiger partial charge in [0.05, 0.1) is 10.6 Å². The van der Waals surface area contributed by atoms with Crippen LogP contribution in [0.2, 0.25) is 0 Å². The summed E-state index contributed by atoms with van der Waals surface area (Å²) in [5, 5.41) is 2.20. The summed E-state index contributed by atoms with van der Waals surface area (Å²) in [6.45, 7) is 0.105. The van der Waals surface area contributed by atoms with E-state index in [9.17, 15) is 16.8 Å². The molecular weight excluding hydrogens is 382 g/mol. The molecular formula is C20H25NO4S2. The van der Waals surface area contributed by atoms with Crippen molar-refractivity contribution in [1.29, 1.82) is 0 Å². The summed E-state index contributed by atoms with van der Waals surface area (Å²) in [5.41, 5.74) is 2.21.